The molecule has 0 amide bonds. The van der Waals surface area contributed by atoms with Gasteiger partial charge in [-0.25, -0.2) is 4.98 Å². The van der Waals surface area contributed by atoms with Crippen LogP contribution in [0.2, 0.25) is 0 Å². The molecule has 2 aromatic carbocycles. The molecule has 0 spiro atoms. The number of ether oxygens (including phenoxy) is 1. The Hall–Kier alpha value is -2.73. The number of thioether (sulfide) groups is 1. The number of nitrogens with zero attached hydrogens (tertiary/aromatic N) is 1. The van der Waals surface area contributed by atoms with Crippen molar-refractivity contribution < 1.29 is 9.84 Å². The van der Waals surface area contributed by atoms with E-state index in [1.807, 2.05) is 36.4 Å². The average molecular weight is 382 g/mol. The predicted octanol–water partition coefficient (Wildman–Crippen LogP) is 3.72. The van der Waals surface area contributed by atoms with Crippen LogP contribution in [-0.4, -0.2) is 27.9 Å². The summed E-state index contributed by atoms with van der Waals surface area (Å²) in [6.45, 7) is 1.79. The highest BCUT2D eigenvalue weighted by Crippen LogP contribution is 2.19. The molecule has 0 aliphatic heterocycles. The molecule has 1 heterocycles. The number of aromatic amines is 1. The highest BCUT2D eigenvalue weighted by Gasteiger charge is 2.09. The van der Waals surface area contributed by atoms with Gasteiger partial charge in [0, 0.05) is 17.7 Å². The van der Waals surface area contributed by atoms with Crippen molar-refractivity contribution in [3.63, 3.8) is 0 Å². The minimum Gasteiger partial charge on any atom is -0.508 e. The van der Waals surface area contributed by atoms with Gasteiger partial charge >= 0.3 is 0 Å². The lowest BCUT2D eigenvalue weighted by Gasteiger charge is -2.08. The zero-order valence-electron chi connectivity index (χ0n) is 15.4. The first-order chi connectivity index (χ1) is 13.0. The first kappa shape index (κ1) is 19.0. The predicted molar refractivity (Wildman–Crippen MR) is 108 cm³/mol. The van der Waals surface area contributed by atoms with Gasteiger partial charge in [0.05, 0.1) is 12.8 Å². The molecule has 1 aromatic heterocycles. The molecule has 5 nitrogen and oxygen atoms in total. The summed E-state index contributed by atoms with van der Waals surface area (Å²) in [4.78, 5) is 19.7. The van der Waals surface area contributed by atoms with Crippen molar-refractivity contribution in [1.82, 2.24) is 9.97 Å². The zero-order valence-corrected chi connectivity index (χ0v) is 16.2. The molecule has 0 aliphatic rings. The Balaban J connectivity index is 1.67. The molecule has 0 unspecified atom stereocenters. The molecular weight excluding hydrogens is 360 g/mol. The summed E-state index contributed by atoms with van der Waals surface area (Å²) in [6.07, 6.45) is 1.43. The van der Waals surface area contributed by atoms with Gasteiger partial charge in [-0.3, -0.25) is 4.79 Å². The lowest BCUT2D eigenvalue weighted by atomic mass is 10.1. The summed E-state index contributed by atoms with van der Waals surface area (Å²) < 4.78 is 5.17. The number of aromatic nitrogens is 2. The van der Waals surface area contributed by atoms with Gasteiger partial charge in [0.25, 0.3) is 5.56 Å². The van der Waals surface area contributed by atoms with Crippen molar-refractivity contribution in [2.45, 2.75) is 24.9 Å². The van der Waals surface area contributed by atoms with E-state index >= 15 is 0 Å². The molecule has 3 aromatic rings. The maximum absolute atomic E-state index is 12.2. The number of hydrogen-bond donors (Lipinski definition) is 2. The normalized spacial score (nSPS) is 10.7. The molecule has 0 radical (unpaired) electrons. The fourth-order valence-electron chi connectivity index (χ4n) is 2.66. The van der Waals surface area contributed by atoms with Crippen LogP contribution in [-0.2, 0) is 12.8 Å². The van der Waals surface area contributed by atoms with Crippen LogP contribution in [0.25, 0.3) is 0 Å². The Bertz CT molecular complexity index is 951. The molecule has 140 valence electrons. The van der Waals surface area contributed by atoms with Crippen molar-refractivity contribution in [3.05, 3.63) is 81.3 Å². The van der Waals surface area contributed by atoms with E-state index in [9.17, 15) is 9.90 Å². The maximum atomic E-state index is 12.2. The first-order valence-electron chi connectivity index (χ1n) is 8.68. The van der Waals surface area contributed by atoms with Gasteiger partial charge in [-0.2, -0.15) is 0 Å². The fraction of sp³-hybridized carbons (Fsp3) is 0.238. The van der Waals surface area contributed by atoms with E-state index in [0.717, 1.165) is 29.2 Å². The van der Waals surface area contributed by atoms with E-state index in [1.54, 1.807) is 26.2 Å². The molecular formula is C21H22N2O3S. The van der Waals surface area contributed by atoms with E-state index in [2.05, 4.69) is 9.97 Å². The second kappa shape index (κ2) is 8.77. The smallest absolute Gasteiger partial charge is 0.254 e. The third-order valence-corrected chi connectivity index (χ3v) is 5.20. The van der Waals surface area contributed by atoms with E-state index in [-0.39, 0.29) is 11.3 Å². The Morgan fingerprint density at radius 2 is 1.74 bits per heavy atom. The monoisotopic (exact) mass is 382 g/mol. The van der Waals surface area contributed by atoms with Gasteiger partial charge in [0.2, 0.25) is 0 Å². The summed E-state index contributed by atoms with van der Waals surface area (Å²) in [5.41, 5.74) is 3.50. The summed E-state index contributed by atoms with van der Waals surface area (Å²) in [5, 5.41) is 10.0. The van der Waals surface area contributed by atoms with Crippen LogP contribution in [0.4, 0.5) is 0 Å². The van der Waals surface area contributed by atoms with Crippen LogP contribution in [0.1, 0.15) is 22.4 Å². The SMILES string of the molecule is COc1ccc(CCSc2nc(Cc3ccc(O)cc3)c(C)c(=O)[nH]2)cc1. The largest absolute Gasteiger partial charge is 0.508 e. The van der Waals surface area contributed by atoms with Gasteiger partial charge in [0.1, 0.15) is 11.5 Å². The number of aryl methyl sites for hydroxylation is 1. The van der Waals surface area contributed by atoms with Crippen LogP contribution in [0.5, 0.6) is 11.5 Å². The van der Waals surface area contributed by atoms with Crippen molar-refractivity contribution >= 4 is 11.8 Å². The van der Waals surface area contributed by atoms with Gasteiger partial charge in [-0.05, 0) is 48.7 Å². The first-order valence-corrected chi connectivity index (χ1v) is 9.67. The Morgan fingerprint density at radius 3 is 2.41 bits per heavy atom. The number of phenolic OH excluding ortho intramolecular Hbond substituents is 1. The van der Waals surface area contributed by atoms with Crippen LogP contribution >= 0.6 is 11.8 Å². The number of benzene rings is 2. The average Bonchev–Trinajstić information content (AvgIpc) is 2.68. The summed E-state index contributed by atoms with van der Waals surface area (Å²) >= 11 is 1.54. The van der Waals surface area contributed by atoms with Gasteiger partial charge in [-0.15, -0.1) is 0 Å². The number of H-pyrrole nitrogens is 1. The van der Waals surface area contributed by atoms with E-state index < -0.39 is 0 Å². The molecule has 0 saturated heterocycles. The van der Waals surface area contributed by atoms with Crippen LogP contribution in [0.15, 0.2) is 58.5 Å². The van der Waals surface area contributed by atoms with E-state index in [4.69, 9.17) is 4.74 Å². The lowest BCUT2D eigenvalue weighted by Crippen LogP contribution is -2.16. The Morgan fingerprint density at radius 1 is 1.07 bits per heavy atom. The van der Waals surface area contributed by atoms with Gasteiger partial charge in [-0.1, -0.05) is 36.0 Å². The zero-order chi connectivity index (χ0) is 19.2. The summed E-state index contributed by atoms with van der Waals surface area (Å²) in [7, 11) is 1.65. The minimum absolute atomic E-state index is 0.106. The quantitative estimate of drug-likeness (QED) is 0.481. The topological polar surface area (TPSA) is 75.2 Å². The van der Waals surface area contributed by atoms with Crippen molar-refractivity contribution in [1.29, 1.82) is 0 Å². The maximum Gasteiger partial charge on any atom is 0.254 e. The third-order valence-electron chi connectivity index (χ3n) is 4.33. The van der Waals surface area contributed by atoms with Crippen LogP contribution < -0.4 is 10.3 Å². The van der Waals surface area contributed by atoms with Crippen molar-refractivity contribution in [2.75, 3.05) is 12.9 Å². The molecule has 2 N–H and O–H groups in total. The molecule has 6 heteroatoms. The highest BCUT2D eigenvalue weighted by molar-refractivity contribution is 7.99. The number of aromatic hydroxyl groups is 1. The summed E-state index contributed by atoms with van der Waals surface area (Å²) in [5.74, 6) is 1.88. The van der Waals surface area contributed by atoms with Gasteiger partial charge < -0.3 is 14.8 Å². The standard InChI is InChI=1S/C21H22N2O3S/c1-14-19(13-16-3-7-17(24)8-4-16)22-21(23-20(14)25)27-12-11-15-5-9-18(26-2)10-6-15/h3-10,24H,11-13H2,1-2H3,(H,22,23,25). The lowest BCUT2D eigenvalue weighted by molar-refractivity contribution is 0.414. The number of rotatable bonds is 7. The van der Waals surface area contributed by atoms with Crippen molar-refractivity contribution in [3.8, 4) is 11.5 Å². The molecule has 0 fully saturated rings. The Labute approximate surface area is 162 Å². The van der Waals surface area contributed by atoms with Crippen LogP contribution in [0, 0.1) is 6.92 Å². The molecule has 0 aliphatic carbocycles. The van der Waals surface area contributed by atoms with Gasteiger partial charge in [0.15, 0.2) is 5.16 Å². The van der Waals surface area contributed by atoms with E-state index in [1.165, 1.54) is 17.3 Å². The number of nitrogens with one attached hydrogen (secondary N) is 1. The number of methoxy groups -OCH3 is 1. The molecule has 0 atom stereocenters. The number of phenols is 1. The molecule has 0 saturated carbocycles. The Kier molecular flexibility index (Phi) is 6.19. The molecule has 0 bridgehead atoms. The fourth-order valence-corrected chi connectivity index (χ4v) is 3.53. The van der Waals surface area contributed by atoms with E-state index in [0.29, 0.717) is 17.1 Å². The minimum atomic E-state index is -0.106. The third kappa shape index (κ3) is 5.14. The summed E-state index contributed by atoms with van der Waals surface area (Å²) in [6, 6.07) is 14.9. The number of hydrogen-bond acceptors (Lipinski definition) is 5. The van der Waals surface area contributed by atoms with Crippen molar-refractivity contribution in [2.24, 2.45) is 0 Å². The van der Waals surface area contributed by atoms with Crippen LogP contribution in [0.3, 0.4) is 0 Å². The highest BCUT2D eigenvalue weighted by atomic mass is 32.2. The second-order valence-corrected chi connectivity index (χ2v) is 7.32. The second-order valence-electron chi connectivity index (χ2n) is 6.23. The molecule has 3 rings (SSSR count). The molecule has 27 heavy (non-hydrogen) atoms.